The third-order valence-electron chi connectivity index (χ3n) is 1.12. The molecule has 0 fully saturated rings. The molecule has 0 aromatic rings. The predicted octanol–water partition coefficient (Wildman–Crippen LogP) is -1.05. The van der Waals surface area contributed by atoms with Crippen LogP contribution in [0.4, 0.5) is 0 Å². The van der Waals surface area contributed by atoms with Crippen LogP contribution in [-0.2, 0) is 4.79 Å². The van der Waals surface area contributed by atoms with Gasteiger partial charge in [-0.05, 0) is 0 Å². The molecule has 0 spiro atoms. The van der Waals surface area contributed by atoms with Crippen LogP contribution in [0.3, 0.4) is 0 Å². The normalized spacial score (nSPS) is 9.50. The van der Waals surface area contributed by atoms with Crippen LogP contribution in [0.1, 0.15) is 13.8 Å². The Balaban J connectivity index is 4.24. The molecule has 0 saturated carbocycles. The molecule has 0 rings (SSSR count). The molecule has 0 aromatic carbocycles. The SMILES string of the molecule is CC(C)C(=[NH2+])C(=N)C(=O)O. The highest BCUT2D eigenvalue weighted by Crippen LogP contribution is 1.92. The van der Waals surface area contributed by atoms with Crippen LogP contribution in [0.25, 0.3) is 0 Å². The van der Waals surface area contributed by atoms with Crippen LogP contribution in [0.15, 0.2) is 0 Å². The molecule has 0 atom stereocenters. The summed E-state index contributed by atoms with van der Waals surface area (Å²) in [6, 6.07) is 0. The molecule has 0 aliphatic rings. The Hall–Kier alpha value is -1.19. The number of nitrogens with one attached hydrogen (secondary N) is 1. The zero-order valence-electron chi connectivity index (χ0n) is 6.01. The maximum absolute atomic E-state index is 10.1. The lowest BCUT2D eigenvalue weighted by molar-refractivity contribution is -0.130. The maximum Gasteiger partial charge on any atom is 0.360 e. The summed E-state index contributed by atoms with van der Waals surface area (Å²) in [7, 11) is 0. The molecule has 0 bridgehead atoms. The zero-order valence-corrected chi connectivity index (χ0v) is 6.01. The van der Waals surface area contributed by atoms with Crippen molar-refractivity contribution in [3.05, 3.63) is 0 Å². The van der Waals surface area contributed by atoms with Gasteiger partial charge in [0, 0.05) is 5.92 Å². The van der Waals surface area contributed by atoms with Gasteiger partial charge in [-0.15, -0.1) is 0 Å². The Bertz CT molecular complexity index is 184. The van der Waals surface area contributed by atoms with Crippen LogP contribution >= 0.6 is 0 Å². The Labute approximate surface area is 58.9 Å². The molecule has 0 unspecified atom stereocenters. The van der Waals surface area contributed by atoms with Gasteiger partial charge in [0.05, 0.1) is 0 Å². The van der Waals surface area contributed by atoms with E-state index in [9.17, 15) is 4.79 Å². The fourth-order valence-corrected chi connectivity index (χ4v) is 0.412. The molecule has 0 aromatic heterocycles. The lowest BCUT2D eigenvalue weighted by Crippen LogP contribution is -2.49. The van der Waals surface area contributed by atoms with E-state index >= 15 is 0 Å². The zero-order chi connectivity index (χ0) is 8.31. The highest BCUT2D eigenvalue weighted by atomic mass is 16.4. The molecular formula is C6H11N2O2+. The highest BCUT2D eigenvalue weighted by Gasteiger charge is 2.20. The molecule has 10 heavy (non-hydrogen) atoms. The van der Waals surface area contributed by atoms with Gasteiger partial charge in [0.25, 0.3) is 0 Å². The van der Waals surface area contributed by atoms with Crippen LogP contribution in [-0.4, -0.2) is 22.5 Å². The van der Waals surface area contributed by atoms with Gasteiger partial charge in [-0.3, -0.25) is 10.8 Å². The minimum absolute atomic E-state index is 0.0800. The second kappa shape index (κ2) is 3.10. The van der Waals surface area contributed by atoms with E-state index in [1.807, 2.05) is 0 Å². The first-order chi connectivity index (χ1) is 4.46. The molecule has 0 amide bonds. The molecule has 0 aliphatic heterocycles. The summed E-state index contributed by atoms with van der Waals surface area (Å²) in [5.74, 6) is -1.35. The van der Waals surface area contributed by atoms with Crippen molar-refractivity contribution in [1.82, 2.24) is 0 Å². The molecule has 56 valence electrons. The molecule has 4 heteroatoms. The van der Waals surface area contributed by atoms with E-state index in [4.69, 9.17) is 15.9 Å². The second-order valence-corrected chi connectivity index (χ2v) is 2.29. The summed E-state index contributed by atoms with van der Waals surface area (Å²) in [6.45, 7) is 3.49. The van der Waals surface area contributed by atoms with Crippen molar-refractivity contribution < 1.29 is 15.3 Å². The smallest absolute Gasteiger partial charge is 0.360 e. The van der Waals surface area contributed by atoms with Crippen molar-refractivity contribution in [3.8, 4) is 0 Å². The molecule has 4 N–H and O–H groups in total. The van der Waals surface area contributed by atoms with Gasteiger partial charge in [0.15, 0.2) is 0 Å². The van der Waals surface area contributed by atoms with Gasteiger partial charge in [0.2, 0.25) is 11.4 Å². The molecule has 0 saturated heterocycles. The van der Waals surface area contributed by atoms with Gasteiger partial charge in [-0.1, -0.05) is 13.8 Å². The Morgan fingerprint density at radius 2 is 2.00 bits per heavy atom. The maximum atomic E-state index is 10.1. The molecule has 4 nitrogen and oxygen atoms in total. The number of nitrogens with two attached hydrogens (primary N) is 1. The summed E-state index contributed by atoms with van der Waals surface area (Å²) in [4.78, 5) is 10.1. The first-order valence-corrected chi connectivity index (χ1v) is 2.91. The summed E-state index contributed by atoms with van der Waals surface area (Å²) in [5, 5.41) is 20.5. The fourth-order valence-electron chi connectivity index (χ4n) is 0.412. The minimum Gasteiger partial charge on any atom is -0.476 e. The number of carboxylic acids is 1. The van der Waals surface area contributed by atoms with Crippen molar-refractivity contribution in [3.63, 3.8) is 0 Å². The second-order valence-electron chi connectivity index (χ2n) is 2.29. The number of rotatable bonds is 3. The summed E-state index contributed by atoms with van der Waals surface area (Å²) in [6.07, 6.45) is 0. The standard InChI is InChI=1S/C6H10N2O2/c1-3(2)4(7)5(8)6(9)10/h3,7-8H,1-2H3,(H,9,10)/p+1. The Morgan fingerprint density at radius 3 is 2.10 bits per heavy atom. The summed E-state index contributed by atoms with van der Waals surface area (Å²) < 4.78 is 0. The van der Waals surface area contributed by atoms with E-state index < -0.39 is 11.7 Å². The lowest BCUT2D eigenvalue weighted by Gasteiger charge is -1.97. The molecule has 0 aliphatic carbocycles. The van der Waals surface area contributed by atoms with Crippen LogP contribution in [0, 0.1) is 11.3 Å². The van der Waals surface area contributed by atoms with Crippen molar-refractivity contribution in [2.75, 3.05) is 0 Å². The average molecular weight is 143 g/mol. The van der Waals surface area contributed by atoms with Gasteiger partial charge in [-0.25, -0.2) is 4.79 Å². The number of carbonyl (C=O) groups is 1. The van der Waals surface area contributed by atoms with Crippen LogP contribution in [0.2, 0.25) is 0 Å². The largest absolute Gasteiger partial charge is 0.476 e. The van der Waals surface area contributed by atoms with E-state index in [-0.39, 0.29) is 11.6 Å². The molecule has 0 heterocycles. The number of aliphatic carboxylic acids is 1. The minimum atomic E-state index is -1.27. The Morgan fingerprint density at radius 1 is 1.60 bits per heavy atom. The monoisotopic (exact) mass is 143 g/mol. The van der Waals surface area contributed by atoms with Crippen LogP contribution < -0.4 is 5.41 Å². The average Bonchev–Trinajstić information content (AvgIpc) is 1.84. The number of carboxylic acid groups (broad SMARTS) is 1. The predicted molar refractivity (Wildman–Crippen MR) is 37.1 cm³/mol. The fraction of sp³-hybridized carbons (Fsp3) is 0.500. The van der Waals surface area contributed by atoms with E-state index in [1.54, 1.807) is 13.8 Å². The van der Waals surface area contributed by atoms with E-state index in [2.05, 4.69) is 0 Å². The van der Waals surface area contributed by atoms with Gasteiger partial charge in [-0.2, -0.15) is 0 Å². The third-order valence-corrected chi connectivity index (χ3v) is 1.12. The van der Waals surface area contributed by atoms with Crippen molar-refractivity contribution in [2.24, 2.45) is 5.92 Å². The first-order valence-electron chi connectivity index (χ1n) is 2.91. The summed E-state index contributed by atoms with van der Waals surface area (Å²) in [5.41, 5.74) is -0.387. The lowest BCUT2D eigenvalue weighted by atomic mass is 10.0. The van der Waals surface area contributed by atoms with Crippen LogP contribution in [0.5, 0.6) is 0 Å². The van der Waals surface area contributed by atoms with Gasteiger partial charge in [0.1, 0.15) is 0 Å². The van der Waals surface area contributed by atoms with Gasteiger partial charge < -0.3 is 5.11 Å². The molecule has 0 radical (unpaired) electrons. The Kier molecular flexibility index (Phi) is 2.73. The van der Waals surface area contributed by atoms with E-state index in [0.717, 1.165) is 0 Å². The van der Waals surface area contributed by atoms with Crippen molar-refractivity contribution in [2.45, 2.75) is 13.8 Å². The molecular weight excluding hydrogens is 132 g/mol. The van der Waals surface area contributed by atoms with Crippen molar-refractivity contribution in [1.29, 1.82) is 5.41 Å². The summed E-state index contributed by atoms with van der Waals surface area (Å²) >= 11 is 0. The van der Waals surface area contributed by atoms with Gasteiger partial charge >= 0.3 is 5.97 Å². The topological polar surface area (TPSA) is 86.7 Å². The first kappa shape index (κ1) is 8.81. The van der Waals surface area contributed by atoms with Crippen molar-refractivity contribution >= 4 is 17.4 Å². The highest BCUT2D eigenvalue weighted by molar-refractivity contribution is 6.63. The van der Waals surface area contributed by atoms with E-state index in [0.29, 0.717) is 0 Å². The number of hydrogen-bond donors (Lipinski definition) is 3. The number of hydrogen-bond acceptors (Lipinski definition) is 2. The quantitative estimate of drug-likeness (QED) is 0.440. The van der Waals surface area contributed by atoms with E-state index in [1.165, 1.54) is 0 Å². The third kappa shape index (κ3) is 1.97.